The summed E-state index contributed by atoms with van der Waals surface area (Å²) in [5, 5.41) is 22.9. The van der Waals surface area contributed by atoms with E-state index in [0.29, 0.717) is 5.56 Å². The minimum absolute atomic E-state index is 0.185. The van der Waals surface area contributed by atoms with Crippen molar-refractivity contribution in [2.75, 3.05) is 0 Å². The summed E-state index contributed by atoms with van der Waals surface area (Å²) in [7, 11) is 0. The smallest absolute Gasteiger partial charge is 0.141 e. The van der Waals surface area contributed by atoms with E-state index in [1.54, 1.807) is 6.21 Å². The van der Waals surface area contributed by atoms with Gasteiger partial charge in [0, 0.05) is 15.3 Å². The molecular formula is C27H21I2NO2. The van der Waals surface area contributed by atoms with Gasteiger partial charge in [-0.1, -0.05) is 91.0 Å². The van der Waals surface area contributed by atoms with Crippen molar-refractivity contribution in [1.29, 1.82) is 0 Å². The zero-order chi connectivity index (χ0) is 22.6. The van der Waals surface area contributed by atoms with Crippen LogP contribution in [-0.2, 0) is 5.60 Å². The second-order valence-corrected chi connectivity index (χ2v) is 9.82. The minimum atomic E-state index is -1.41. The van der Waals surface area contributed by atoms with Crippen LogP contribution in [0.4, 0.5) is 0 Å². The molecule has 0 amide bonds. The first-order valence-electron chi connectivity index (χ1n) is 10.1. The van der Waals surface area contributed by atoms with Crippen LogP contribution < -0.4 is 0 Å². The van der Waals surface area contributed by atoms with E-state index in [0.717, 1.165) is 23.8 Å². The Morgan fingerprint density at radius 2 is 1.25 bits per heavy atom. The quantitative estimate of drug-likeness (QED) is 0.181. The van der Waals surface area contributed by atoms with Crippen LogP contribution in [-0.4, -0.2) is 16.4 Å². The summed E-state index contributed by atoms with van der Waals surface area (Å²) in [6.07, 6.45) is 1.66. The molecule has 4 rings (SSSR count). The lowest BCUT2D eigenvalue weighted by Crippen LogP contribution is -2.34. The molecule has 0 aliphatic heterocycles. The summed E-state index contributed by atoms with van der Waals surface area (Å²) in [5.74, 6) is 0.185. The van der Waals surface area contributed by atoms with Gasteiger partial charge in [0.2, 0.25) is 0 Å². The molecule has 0 aromatic heterocycles. The number of halogens is 2. The zero-order valence-electron chi connectivity index (χ0n) is 17.1. The number of rotatable bonds is 6. The Morgan fingerprint density at radius 1 is 0.750 bits per heavy atom. The van der Waals surface area contributed by atoms with Crippen LogP contribution in [0.1, 0.15) is 28.3 Å². The Bertz CT molecular complexity index is 1170. The molecule has 2 N–H and O–H groups in total. The molecule has 0 unspecified atom stereocenters. The predicted molar refractivity (Wildman–Crippen MR) is 146 cm³/mol. The van der Waals surface area contributed by atoms with E-state index in [2.05, 4.69) is 45.2 Å². The SMILES string of the molecule is Oc1c(I)cc(I)cc1C=N[C@@H](c1ccccc1)C(O)(c1ccccc1)c1ccccc1. The van der Waals surface area contributed by atoms with Crippen molar-refractivity contribution >= 4 is 51.4 Å². The molecule has 0 aliphatic carbocycles. The Morgan fingerprint density at radius 3 is 1.78 bits per heavy atom. The van der Waals surface area contributed by atoms with Crippen molar-refractivity contribution in [2.24, 2.45) is 4.99 Å². The predicted octanol–water partition coefficient (Wildman–Crippen LogP) is 6.70. The molecule has 0 heterocycles. The standard InChI is InChI=1S/C27H21I2NO2/c28-23-16-20(25(31)24(29)17-23)18-30-26(19-10-4-1-5-11-19)27(32,21-12-6-2-7-13-21)22-14-8-3-9-15-22/h1-18,26,31-32H/t26-/m0/s1. The highest BCUT2D eigenvalue weighted by atomic mass is 127. The van der Waals surface area contributed by atoms with Crippen molar-refractivity contribution in [2.45, 2.75) is 11.6 Å². The van der Waals surface area contributed by atoms with Gasteiger partial charge in [0.15, 0.2) is 0 Å². The zero-order valence-corrected chi connectivity index (χ0v) is 21.4. The average molecular weight is 645 g/mol. The van der Waals surface area contributed by atoms with Gasteiger partial charge in [-0.3, -0.25) is 4.99 Å². The fraction of sp³-hybridized carbons (Fsp3) is 0.0741. The normalized spacial score (nSPS) is 12.7. The molecule has 3 nitrogen and oxygen atoms in total. The van der Waals surface area contributed by atoms with Gasteiger partial charge in [0.05, 0.1) is 3.57 Å². The summed E-state index contributed by atoms with van der Waals surface area (Å²) in [6.45, 7) is 0. The van der Waals surface area contributed by atoms with Crippen LogP contribution in [0.15, 0.2) is 108 Å². The summed E-state index contributed by atoms with van der Waals surface area (Å²) in [5.41, 5.74) is 1.58. The maximum atomic E-state index is 12.3. The molecule has 4 aromatic carbocycles. The maximum absolute atomic E-state index is 12.3. The van der Waals surface area contributed by atoms with E-state index in [1.165, 1.54) is 0 Å². The van der Waals surface area contributed by atoms with Crippen LogP contribution in [0.2, 0.25) is 0 Å². The molecule has 32 heavy (non-hydrogen) atoms. The third kappa shape index (κ3) is 4.74. The largest absolute Gasteiger partial charge is 0.506 e. The van der Waals surface area contributed by atoms with Crippen molar-refractivity contribution in [3.05, 3.63) is 133 Å². The molecule has 1 atom stereocenters. The number of aliphatic imine (C=N–C) groups is 1. The molecule has 0 bridgehead atoms. The fourth-order valence-electron chi connectivity index (χ4n) is 3.78. The average Bonchev–Trinajstić information content (AvgIpc) is 2.83. The van der Waals surface area contributed by atoms with Gasteiger partial charge in [0.1, 0.15) is 17.4 Å². The third-order valence-electron chi connectivity index (χ3n) is 5.36. The number of nitrogens with zero attached hydrogens (tertiary/aromatic N) is 1. The van der Waals surface area contributed by atoms with E-state index in [4.69, 9.17) is 4.99 Å². The fourth-order valence-corrected chi connectivity index (χ4v) is 5.67. The summed E-state index contributed by atoms with van der Waals surface area (Å²) >= 11 is 4.34. The van der Waals surface area contributed by atoms with Gasteiger partial charge in [-0.05, 0) is 74.0 Å². The van der Waals surface area contributed by atoms with Crippen molar-refractivity contribution in [3.8, 4) is 5.75 Å². The van der Waals surface area contributed by atoms with Gasteiger partial charge in [0.25, 0.3) is 0 Å². The van der Waals surface area contributed by atoms with E-state index < -0.39 is 11.6 Å². The molecule has 0 fully saturated rings. The Labute approximate surface area is 215 Å². The minimum Gasteiger partial charge on any atom is -0.506 e. The molecule has 4 aromatic rings. The lowest BCUT2D eigenvalue weighted by Gasteiger charge is -2.35. The van der Waals surface area contributed by atoms with E-state index in [1.807, 2.05) is 103 Å². The van der Waals surface area contributed by atoms with Crippen LogP contribution in [0, 0.1) is 7.14 Å². The first-order valence-corrected chi connectivity index (χ1v) is 12.3. The molecule has 160 valence electrons. The number of hydrogen-bond acceptors (Lipinski definition) is 3. The number of hydrogen-bond donors (Lipinski definition) is 2. The number of phenols is 1. The summed E-state index contributed by atoms with van der Waals surface area (Å²) in [6, 6.07) is 32.2. The first kappa shape index (κ1) is 22.9. The summed E-state index contributed by atoms with van der Waals surface area (Å²) < 4.78 is 1.76. The number of phenolic OH excluding ortho intramolecular Hbond substituents is 1. The van der Waals surface area contributed by atoms with Crippen LogP contribution in [0.5, 0.6) is 5.75 Å². The number of benzene rings is 4. The molecule has 0 saturated heterocycles. The second-order valence-electron chi connectivity index (χ2n) is 7.42. The Hall–Kier alpha value is -2.23. The molecule has 5 heteroatoms. The van der Waals surface area contributed by atoms with E-state index in [9.17, 15) is 10.2 Å². The van der Waals surface area contributed by atoms with Gasteiger partial charge in [-0.15, -0.1) is 0 Å². The molecule has 0 radical (unpaired) electrons. The highest BCUT2D eigenvalue weighted by Gasteiger charge is 2.41. The van der Waals surface area contributed by atoms with Crippen LogP contribution >= 0.6 is 45.2 Å². The highest BCUT2D eigenvalue weighted by Crippen LogP contribution is 2.43. The van der Waals surface area contributed by atoms with Crippen molar-refractivity contribution in [3.63, 3.8) is 0 Å². The van der Waals surface area contributed by atoms with Gasteiger partial charge >= 0.3 is 0 Å². The number of aliphatic hydroxyl groups is 1. The molecule has 0 spiro atoms. The monoisotopic (exact) mass is 645 g/mol. The topological polar surface area (TPSA) is 52.8 Å². The maximum Gasteiger partial charge on any atom is 0.141 e. The van der Waals surface area contributed by atoms with Crippen molar-refractivity contribution < 1.29 is 10.2 Å². The van der Waals surface area contributed by atoms with Crippen LogP contribution in [0.3, 0.4) is 0 Å². The second kappa shape index (κ2) is 10.1. The first-order chi connectivity index (χ1) is 15.5. The lowest BCUT2D eigenvalue weighted by molar-refractivity contribution is 0.0523. The Balaban J connectivity index is 1.93. The van der Waals surface area contributed by atoms with E-state index in [-0.39, 0.29) is 5.75 Å². The molecule has 0 saturated carbocycles. The van der Waals surface area contributed by atoms with Gasteiger partial charge < -0.3 is 10.2 Å². The van der Waals surface area contributed by atoms with Crippen LogP contribution in [0.25, 0.3) is 0 Å². The molecule has 0 aliphatic rings. The highest BCUT2D eigenvalue weighted by molar-refractivity contribution is 14.1. The van der Waals surface area contributed by atoms with Gasteiger partial charge in [-0.2, -0.15) is 0 Å². The third-order valence-corrected chi connectivity index (χ3v) is 6.80. The lowest BCUT2D eigenvalue weighted by atomic mass is 9.77. The van der Waals surface area contributed by atoms with E-state index >= 15 is 0 Å². The number of aromatic hydroxyl groups is 1. The molecular weight excluding hydrogens is 624 g/mol. The van der Waals surface area contributed by atoms with Crippen molar-refractivity contribution in [1.82, 2.24) is 0 Å². The summed E-state index contributed by atoms with van der Waals surface area (Å²) in [4.78, 5) is 4.89. The Kier molecular flexibility index (Phi) is 7.27. The van der Waals surface area contributed by atoms with Gasteiger partial charge in [-0.25, -0.2) is 0 Å².